The molecular formula is C5H5Br2Cl3O2. The van der Waals surface area contributed by atoms with E-state index in [1.165, 1.54) is 0 Å². The van der Waals surface area contributed by atoms with Crippen molar-refractivity contribution in [1.29, 1.82) is 0 Å². The fraction of sp³-hybridized carbons (Fsp3) is 0.800. The first-order valence-corrected chi connectivity index (χ1v) is 5.78. The maximum Gasteiger partial charge on any atom is 0.307 e. The molecule has 0 saturated carbocycles. The van der Waals surface area contributed by atoms with Gasteiger partial charge in [0.25, 0.3) is 0 Å². The van der Waals surface area contributed by atoms with Gasteiger partial charge in [-0.05, 0) is 0 Å². The Hall–Kier alpha value is 1.30. The predicted octanol–water partition coefficient (Wildman–Crippen LogP) is 3.41. The van der Waals surface area contributed by atoms with E-state index in [0.717, 1.165) is 0 Å². The Kier molecular flexibility index (Phi) is 6.55. The van der Waals surface area contributed by atoms with Gasteiger partial charge in [-0.1, -0.05) is 66.7 Å². The molecule has 0 aromatic carbocycles. The lowest BCUT2D eigenvalue weighted by Crippen LogP contribution is -2.18. The number of ether oxygens (including phenoxy) is 1. The number of halogens is 5. The second kappa shape index (κ2) is 5.91. The van der Waals surface area contributed by atoms with Gasteiger partial charge < -0.3 is 4.74 Å². The van der Waals surface area contributed by atoms with Gasteiger partial charge in [-0.15, -0.1) is 0 Å². The largest absolute Gasteiger partial charge is 0.461 e. The Morgan fingerprint density at radius 1 is 1.42 bits per heavy atom. The Morgan fingerprint density at radius 2 is 1.92 bits per heavy atom. The van der Waals surface area contributed by atoms with Gasteiger partial charge in [0, 0.05) is 0 Å². The van der Waals surface area contributed by atoms with Gasteiger partial charge in [-0.2, -0.15) is 0 Å². The third-order valence-corrected chi connectivity index (χ3v) is 1.69. The van der Waals surface area contributed by atoms with E-state index in [-0.39, 0.29) is 16.8 Å². The maximum atomic E-state index is 10.8. The van der Waals surface area contributed by atoms with Gasteiger partial charge in [-0.3, -0.25) is 4.79 Å². The molecule has 0 bridgehead atoms. The molecule has 0 heterocycles. The summed E-state index contributed by atoms with van der Waals surface area (Å²) >= 11 is 22.3. The number of carbonyl (C=O) groups is 1. The minimum Gasteiger partial charge on any atom is -0.461 e. The van der Waals surface area contributed by atoms with Crippen LogP contribution in [-0.4, -0.2) is 20.1 Å². The maximum absolute atomic E-state index is 10.8. The topological polar surface area (TPSA) is 26.3 Å². The Balaban J connectivity index is 3.58. The molecule has 0 aromatic heterocycles. The minimum absolute atomic E-state index is 0.118. The van der Waals surface area contributed by atoms with E-state index in [1.54, 1.807) is 0 Å². The van der Waals surface area contributed by atoms with Crippen LogP contribution < -0.4 is 0 Å². The Bertz CT molecular complexity index is 157. The van der Waals surface area contributed by atoms with Crippen molar-refractivity contribution in [3.8, 4) is 0 Å². The number of alkyl halides is 5. The zero-order chi connectivity index (χ0) is 9.78. The van der Waals surface area contributed by atoms with Crippen molar-refractivity contribution in [3.63, 3.8) is 0 Å². The molecule has 0 aliphatic carbocycles. The van der Waals surface area contributed by atoms with Crippen molar-refractivity contribution in [2.24, 2.45) is 0 Å². The highest BCUT2D eigenvalue weighted by molar-refractivity contribution is 9.24. The molecule has 0 unspecified atom stereocenters. The monoisotopic (exact) mass is 360 g/mol. The smallest absolute Gasteiger partial charge is 0.307 e. The average molecular weight is 363 g/mol. The summed E-state index contributed by atoms with van der Waals surface area (Å²) in [5.74, 6) is -0.430. The quantitative estimate of drug-likeness (QED) is 0.568. The van der Waals surface area contributed by atoms with Crippen molar-refractivity contribution in [2.75, 3.05) is 6.61 Å². The summed E-state index contributed by atoms with van der Waals surface area (Å²) in [6.45, 7) is -0.233. The molecule has 0 rings (SSSR count). The zero-order valence-electron chi connectivity index (χ0n) is 5.70. The molecule has 0 atom stereocenters. The predicted molar refractivity (Wildman–Crippen MR) is 57.5 cm³/mol. The van der Waals surface area contributed by atoms with Gasteiger partial charge in [0.2, 0.25) is 3.79 Å². The number of hydrogen-bond acceptors (Lipinski definition) is 2. The van der Waals surface area contributed by atoms with Crippen molar-refractivity contribution in [3.05, 3.63) is 0 Å². The number of esters is 1. The van der Waals surface area contributed by atoms with Crippen LogP contribution in [0.1, 0.15) is 6.42 Å². The standard InChI is InChI=1S/C5H5Br2Cl3O2/c6-3(7)1-4(11)12-2-5(8,9)10/h3H,1-2H2. The van der Waals surface area contributed by atoms with Crippen molar-refractivity contribution in [2.45, 2.75) is 13.9 Å². The minimum atomic E-state index is -1.54. The van der Waals surface area contributed by atoms with Crippen molar-refractivity contribution in [1.82, 2.24) is 0 Å². The second-order valence-corrected chi connectivity index (χ2v) is 7.83. The molecule has 7 heteroatoms. The first-order valence-electron chi connectivity index (χ1n) is 2.82. The van der Waals surface area contributed by atoms with E-state index in [1.807, 2.05) is 0 Å². The molecule has 0 fully saturated rings. The third-order valence-electron chi connectivity index (χ3n) is 0.718. The molecule has 12 heavy (non-hydrogen) atoms. The molecule has 0 radical (unpaired) electrons. The summed E-state index contributed by atoms with van der Waals surface area (Å²) in [5.41, 5.74) is 0. The molecule has 0 N–H and O–H groups in total. The van der Waals surface area contributed by atoms with E-state index in [4.69, 9.17) is 34.8 Å². The second-order valence-electron chi connectivity index (χ2n) is 1.87. The molecule has 0 amide bonds. The summed E-state index contributed by atoms with van der Waals surface area (Å²) in [6.07, 6.45) is 0.181. The van der Waals surface area contributed by atoms with Crippen LogP contribution in [0.3, 0.4) is 0 Å². The molecule has 0 aliphatic heterocycles. The summed E-state index contributed by atoms with van der Waals surface area (Å²) in [7, 11) is 0. The molecule has 0 spiro atoms. The highest BCUT2D eigenvalue weighted by Crippen LogP contribution is 2.26. The van der Waals surface area contributed by atoms with E-state index >= 15 is 0 Å². The van der Waals surface area contributed by atoms with E-state index in [9.17, 15) is 4.79 Å². The van der Waals surface area contributed by atoms with E-state index in [2.05, 4.69) is 36.6 Å². The van der Waals surface area contributed by atoms with Crippen molar-refractivity contribution < 1.29 is 9.53 Å². The fourth-order valence-corrected chi connectivity index (χ4v) is 1.04. The summed E-state index contributed by atoms with van der Waals surface area (Å²) in [4.78, 5) is 10.8. The van der Waals surface area contributed by atoms with Gasteiger partial charge in [-0.25, -0.2) is 0 Å². The van der Waals surface area contributed by atoms with Crippen LogP contribution in [0.15, 0.2) is 0 Å². The molecule has 0 saturated heterocycles. The van der Waals surface area contributed by atoms with Crippen LogP contribution >= 0.6 is 66.7 Å². The SMILES string of the molecule is O=C(CC(Br)Br)OCC(Cl)(Cl)Cl. The highest BCUT2D eigenvalue weighted by Gasteiger charge is 2.22. The van der Waals surface area contributed by atoms with Crippen LogP contribution in [0, 0.1) is 0 Å². The Labute approximate surface area is 102 Å². The number of carbonyl (C=O) groups excluding carboxylic acids is 1. The van der Waals surface area contributed by atoms with Crippen LogP contribution in [0.5, 0.6) is 0 Å². The summed E-state index contributed by atoms with van der Waals surface area (Å²) < 4.78 is 2.97. The molecule has 0 aliphatic rings. The first kappa shape index (κ1) is 13.3. The number of rotatable bonds is 3. The number of hydrogen-bond donors (Lipinski definition) is 0. The summed E-state index contributed by atoms with van der Waals surface area (Å²) in [6, 6.07) is 0. The molecule has 2 nitrogen and oxygen atoms in total. The molecule has 0 aromatic rings. The zero-order valence-corrected chi connectivity index (χ0v) is 11.1. The highest BCUT2D eigenvalue weighted by atomic mass is 79.9. The van der Waals surface area contributed by atoms with Crippen LogP contribution in [0.4, 0.5) is 0 Å². The Morgan fingerprint density at radius 3 is 2.25 bits per heavy atom. The van der Waals surface area contributed by atoms with E-state index < -0.39 is 9.76 Å². The van der Waals surface area contributed by atoms with Crippen LogP contribution in [0.2, 0.25) is 0 Å². The average Bonchev–Trinajstić information content (AvgIpc) is 1.80. The van der Waals surface area contributed by atoms with Gasteiger partial charge >= 0.3 is 5.97 Å². The lowest BCUT2D eigenvalue weighted by atomic mass is 10.5. The van der Waals surface area contributed by atoms with Crippen molar-refractivity contribution >= 4 is 72.6 Å². The van der Waals surface area contributed by atoms with Crippen LogP contribution in [0.25, 0.3) is 0 Å². The van der Waals surface area contributed by atoms with Gasteiger partial charge in [0.05, 0.1) is 10.2 Å². The van der Waals surface area contributed by atoms with Crippen LogP contribution in [-0.2, 0) is 9.53 Å². The summed E-state index contributed by atoms with van der Waals surface area (Å²) in [5, 5.41) is 0. The molecular weight excluding hydrogens is 358 g/mol. The first-order chi connectivity index (χ1) is 5.31. The van der Waals surface area contributed by atoms with Gasteiger partial charge in [0.15, 0.2) is 0 Å². The lowest BCUT2D eigenvalue weighted by Gasteiger charge is -2.11. The normalized spacial score (nSPS) is 11.8. The molecule has 72 valence electrons. The van der Waals surface area contributed by atoms with Gasteiger partial charge in [0.1, 0.15) is 6.61 Å². The lowest BCUT2D eigenvalue weighted by molar-refractivity contribution is -0.143. The van der Waals surface area contributed by atoms with E-state index in [0.29, 0.717) is 0 Å². The third kappa shape index (κ3) is 9.39. The fourth-order valence-electron chi connectivity index (χ4n) is 0.347.